The second kappa shape index (κ2) is 10.8. The highest BCUT2D eigenvalue weighted by molar-refractivity contribution is 7.89. The van der Waals surface area contributed by atoms with Crippen molar-refractivity contribution in [2.75, 3.05) is 47.6 Å². The van der Waals surface area contributed by atoms with Crippen molar-refractivity contribution in [2.24, 2.45) is 0 Å². The third kappa shape index (κ3) is 5.21. The zero-order valence-corrected chi connectivity index (χ0v) is 19.2. The van der Waals surface area contributed by atoms with Gasteiger partial charge in [-0.1, -0.05) is 24.3 Å². The van der Waals surface area contributed by atoms with Gasteiger partial charge < -0.3 is 24.3 Å². The molecule has 1 N–H and O–H groups in total. The lowest BCUT2D eigenvalue weighted by Crippen LogP contribution is -2.40. The molecular weight excluding hydrogens is 436 g/mol. The maximum atomic E-state index is 13.2. The third-order valence-electron chi connectivity index (χ3n) is 5.16. The first-order valence-corrected chi connectivity index (χ1v) is 11.5. The predicted octanol–water partition coefficient (Wildman–Crippen LogP) is 1.80. The van der Waals surface area contributed by atoms with Crippen LogP contribution in [0.4, 0.5) is 0 Å². The number of hydrogen-bond acceptors (Lipinski definition) is 7. The van der Waals surface area contributed by atoms with E-state index in [0.29, 0.717) is 19.8 Å². The summed E-state index contributed by atoms with van der Waals surface area (Å²) in [5.74, 6) is -0.158. The second-order valence-electron chi connectivity index (χ2n) is 7.11. The Morgan fingerprint density at radius 1 is 1.06 bits per heavy atom. The van der Waals surface area contributed by atoms with E-state index in [9.17, 15) is 13.2 Å². The summed E-state index contributed by atoms with van der Waals surface area (Å²) < 4.78 is 48.8. The van der Waals surface area contributed by atoms with Gasteiger partial charge in [0.2, 0.25) is 10.0 Å². The van der Waals surface area contributed by atoms with Gasteiger partial charge in [0.05, 0.1) is 44.5 Å². The summed E-state index contributed by atoms with van der Waals surface area (Å²) in [5.41, 5.74) is 1.91. The molecule has 0 saturated carbocycles. The Labute approximate surface area is 188 Å². The number of morpholine rings is 1. The van der Waals surface area contributed by atoms with Gasteiger partial charge in [-0.3, -0.25) is 4.79 Å². The van der Waals surface area contributed by atoms with Crippen LogP contribution in [0, 0.1) is 0 Å². The largest absolute Gasteiger partial charge is 0.493 e. The molecule has 0 bridgehead atoms. The number of nitrogens with one attached hydrogen (secondary N) is 1. The fraction of sp³-hybridized carbons (Fsp3) is 0.409. The van der Waals surface area contributed by atoms with Crippen LogP contribution in [0.2, 0.25) is 0 Å². The Bertz CT molecular complexity index is 1050. The number of hydrogen-bond donors (Lipinski definition) is 1. The first kappa shape index (κ1) is 24.0. The Balaban J connectivity index is 1.92. The number of nitrogens with zero attached hydrogens (tertiary/aromatic N) is 1. The standard InChI is InChI=1S/C22H28N2O7S/c1-28-15-17-7-5-4-6-16(17)14-23-22(25)19-12-18(13-20(29-2)21(19)30-3)32(26,27)24-8-10-31-11-9-24/h4-7,12-13H,8-11,14-15H2,1-3H3,(H,23,25). The zero-order valence-electron chi connectivity index (χ0n) is 18.4. The molecule has 32 heavy (non-hydrogen) atoms. The molecule has 1 saturated heterocycles. The Morgan fingerprint density at radius 3 is 2.38 bits per heavy atom. The molecule has 0 aromatic heterocycles. The number of methoxy groups -OCH3 is 3. The van der Waals surface area contributed by atoms with E-state index in [2.05, 4.69) is 5.32 Å². The van der Waals surface area contributed by atoms with Gasteiger partial charge in [0.1, 0.15) is 0 Å². The average Bonchev–Trinajstić information content (AvgIpc) is 2.83. The van der Waals surface area contributed by atoms with Crippen LogP contribution in [0.5, 0.6) is 11.5 Å². The van der Waals surface area contributed by atoms with E-state index in [4.69, 9.17) is 18.9 Å². The molecule has 1 heterocycles. The smallest absolute Gasteiger partial charge is 0.255 e. The number of rotatable bonds is 9. The van der Waals surface area contributed by atoms with Crippen LogP contribution in [0.3, 0.4) is 0 Å². The van der Waals surface area contributed by atoms with E-state index in [1.807, 2.05) is 24.3 Å². The number of ether oxygens (including phenoxy) is 4. The summed E-state index contributed by atoms with van der Waals surface area (Å²) >= 11 is 0. The van der Waals surface area contributed by atoms with Crippen molar-refractivity contribution in [3.63, 3.8) is 0 Å². The van der Waals surface area contributed by atoms with E-state index in [1.165, 1.54) is 30.7 Å². The van der Waals surface area contributed by atoms with Crippen molar-refractivity contribution in [1.29, 1.82) is 0 Å². The first-order valence-electron chi connectivity index (χ1n) is 10.1. The van der Waals surface area contributed by atoms with Crippen LogP contribution in [-0.2, 0) is 32.6 Å². The summed E-state index contributed by atoms with van der Waals surface area (Å²) in [4.78, 5) is 13.0. The van der Waals surface area contributed by atoms with Crippen LogP contribution >= 0.6 is 0 Å². The van der Waals surface area contributed by atoms with Gasteiger partial charge in [0.25, 0.3) is 5.91 Å². The normalized spacial score (nSPS) is 14.7. The lowest BCUT2D eigenvalue weighted by Gasteiger charge is -2.26. The molecule has 0 radical (unpaired) electrons. The molecule has 174 valence electrons. The van der Waals surface area contributed by atoms with Gasteiger partial charge in [-0.2, -0.15) is 4.31 Å². The topological polar surface area (TPSA) is 103 Å². The number of sulfonamides is 1. The third-order valence-corrected chi connectivity index (χ3v) is 7.04. The molecule has 1 amide bonds. The Kier molecular flexibility index (Phi) is 8.08. The highest BCUT2D eigenvalue weighted by atomic mass is 32.2. The molecule has 3 rings (SSSR count). The van der Waals surface area contributed by atoms with Crippen molar-refractivity contribution in [3.05, 3.63) is 53.1 Å². The fourth-order valence-electron chi connectivity index (χ4n) is 3.49. The predicted molar refractivity (Wildman–Crippen MR) is 117 cm³/mol. The molecule has 0 aliphatic carbocycles. The van der Waals surface area contributed by atoms with Crippen molar-refractivity contribution in [3.8, 4) is 11.5 Å². The quantitative estimate of drug-likeness (QED) is 0.604. The monoisotopic (exact) mass is 464 g/mol. The number of benzene rings is 2. The minimum Gasteiger partial charge on any atom is -0.493 e. The van der Waals surface area contributed by atoms with Crippen LogP contribution in [0.1, 0.15) is 21.5 Å². The zero-order chi connectivity index (χ0) is 23.1. The number of carbonyl (C=O) groups is 1. The SMILES string of the molecule is COCc1ccccc1CNC(=O)c1cc(S(=O)(=O)N2CCOCC2)cc(OC)c1OC. The second-order valence-corrected chi connectivity index (χ2v) is 9.05. The van der Waals surface area contributed by atoms with Gasteiger partial charge in [-0.05, 0) is 17.2 Å². The molecule has 1 aliphatic heterocycles. The summed E-state index contributed by atoms with van der Waals surface area (Å²) in [7, 11) is 0.564. The Hall–Kier alpha value is -2.66. The molecule has 0 atom stereocenters. The lowest BCUT2D eigenvalue weighted by molar-refractivity contribution is 0.0730. The molecule has 2 aromatic carbocycles. The summed E-state index contributed by atoms with van der Waals surface area (Å²) in [6.07, 6.45) is 0. The Morgan fingerprint density at radius 2 is 1.75 bits per heavy atom. The molecule has 0 spiro atoms. The van der Waals surface area contributed by atoms with E-state index in [1.54, 1.807) is 7.11 Å². The van der Waals surface area contributed by atoms with Crippen LogP contribution in [0.15, 0.2) is 41.3 Å². The highest BCUT2D eigenvalue weighted by Crippen LogP contribution is 2.35. The summed E-state index contributed by atoms with van der Waals surface area (Å²) in [6, 6.07) is 10.3. The van der Waals surface area contributed by atoms with Gasteiger partial charge >= 0.3 is 0 Å². The molecule has 0 unspecified atom stereocenters. The fourth-order valence-corrected chi connectivity index (χ4v) is 4.94. The molecular formula is C22H28N2O7S. The number of amides is 1. The van der Waals surface area contributed by atoms with Gasteiger partial charge in [-0.15, -0.1) is 0 Å². The van der Waals surface area contributed by atoms with E-state index in [-0.39, 0.29) is 41.6 Å². The average molecular weight is 465 g/mol. The van der Waals surface area contributed by atoms with Gasteiger partial charge in [0, 0.05) is 32.8 Å². The van der Waals surface area contributed by atoms with Gasteiger partial charge in [-0.25, -0.2) is 8.42 Å². The maximum Gasteiger partial charge on any atom is 0.255 e. The highest BCUT2D eigenvalue weighted by Gasteiger charge is 2.30. The molecule has 10 heteroatoms. The maximum absolute atomic E-state index is 13.2. The lowest BCUT2D eigenvalue weighted by atomic mass is 10.1. The van der Waals surface area contributed by atoms with Crippen molar-refractivity contribution in [1.82, 2.24) is 9.62 Å². The minimum atomic E-state index is -3.84. The van der Waals surface area contributed by atoms with Crippen molar-refractivity contribution < 1.29 is 32.2 Å². The molecule has 1 aliphatic rings. The number of carbonyl (C=O) groups excluding carboxylic acids is 1. The molecule has 2 aromatic rings. The summed E-state index contributed by atoms with van der Waals surface area (Å²) in [5, 5.41) is 2.84. The van der Waals surface area contributed by atoms with Crippen molar-refractivity contribution in [2.45, 2.75) is 18.0 Å². The van der Waals surface area contributed by atoms with E-state index < -0.39 is 15.9 Å². The van der Waals surface area contributed by atoms with E-state index in [0.717, 1.165) is 11.1 Å². The molecule has 9 nitrogen and oxygen atoms in total. The first-order chi connectivity index (χ1) is 15.4. The van der Waals surface area contributed by atoms with Crippen LogP contribution in [0.25, 0.3) is 0 Å². The van der Waals surface area contributed by atoms with E-state index >= 15 is 0 Å². The minimum absolute atomic E-state index is 0.0398. The van der Waals surface area contributed by atoms with Crippen LogP contribution < -0.4 is 14.8 Å². The molecule has 1 fully saturated rings. The van der Waals surface area contributed by atoms with Gasteiger partial charge in [0.15, 0.2) is 11.5 Å². The van der Waals surface area contributed by atoms with Crippen molar-refractivity contribution >= 4 is 15.9 Å². The summed E-state index contributed by atoms with van der Waals surface area (Å²) in [6.45, 7) is 1.78. The van der Waals surface area contributed by atoms with Crippen LogP contribution in [-0.4, -0.2) is 66.3 Å².